The van der Waals surface area contributed by atoms with Gasteiger partial charge >= 0.3 is 0 Å². The van der Waals surface area contributed by atoms with Crippen molar-refractivity contribution in [1.29, 1.82) is 0 Å². The molecule has 0 bridgehead atoms. The van der Waals surface area contributed by atoms with Crippen molar-refractivity contribution >= 4 is 50.6 Å². The zero-order valence-electron chi connectivity index (χ0n) is 14.1. The largest absolute Gasteiger partial charge is 0.355 e. The Balaban J connectivity index is 1.44. The molecule has 1 aliphatic heterocycles. The van der Waals surface area contributed by atoms with Crippen LogP contribution in [0.15, 0.2) is 29.6 Å². The number of anilines is 2. The summed E-state index contributed by atoms with van der Waals surface area (Å²) in [7, 11) is 0. The van der Waals surface area contributed by atoms with Crippen LogP contribution in [0.2, 0.25) is 5.28 Å². The standard InChI is InChI=1S/C18H15ClF2N4OS/c19-18-23-14-5-8-27-15(14)16(24-18)25-6-3-10(4-7-25)17(26)22-13-2-1-11(20)9-12(13)21/h1-2,5,8-10H,3-4,6-7H2,(H,22,26). The maximum atomic E-state index is 13.7. The van der Waals surface area contributed by atoms with Gasteiger partial charge in [-0.25, -0.2) is 13.8 Å². The van der Waals surface area contributed by atoms with Crippen molar-refractivity contribution in [2.45, 2.75) is 12.8 Å². The van der Waals surface area contributed by atoms with Crippen molar-refractivity contribution in [3.05, 3.63) is 46.6 Å². The summed E-state index contributed by atoms with van der Waals surface area (Å²) in [5, 5.41) is 4.69. The Labute approximate surface area is 163 Å². The molecular weight excluding hydrogens is 394 g/mol. The number of carbonyl (C=O) groups is 1. The van der Waals surface area contributed by atoms with Crippen LogP contribution in [0.25, 0.3) is 10.2 Å². The fourth-order valence-electron chi connectivity index (χ4n) is 3.21. The molecule has 0 atom stereocenters. The van der Waals surface area contributed by atoms with Crippen molar-refractivity contribution in [3.63, 3.8) is 0 Å². The van der Waals surface area contributed by atoms with E-state index in [-0.39, 0.29) is 22.8 Å². The van der Waals surface area contributed by atoms with Gasteiger partial charge in [0, 0.05) is 25.1 Å². The highest BCUT2D eigenvalue weighted by atomic mass is 35.5. The van der Waals surface area contributed by atoms with Gasteiger partial charge in [-0.1, -0.05) is 0 Å². The lowest BCUT2D eigenvalue weighted by molar-refractivity contribution is -0.120. The molecule has 1 saturated heterocycles. The summed E-state index contributed by atoms with van der Waals surface area (Å²) in [6.45, 7) is 1.26. The lowest BCUT2D eigenvalue weighted by Crippen LogP contribution is -2.38. The minimum absolute atomic E-state index is 0.00768. The predicted octanol–water partition coefficient (Wildman–Crippen LogP) is 4.48. The molecule has 0 spiro atoms. The van der Waals surface area contributed by atoms with Crippen LogP contribution in [0.4, 0.5) is 20.3 Å². The molecule has 1 amide bonds. The highest BCUT2D eigenvalue weighted by Gasteiger charge is 2.27. The Kier molecular flexibility index (Phi) is 4.92. The van der Waals surface area contributed by atoms with Gasteiger partial charge in [-0.15, -0.1) is 11.3 Å². The maximum absolute atomic E-state index is 13.7. The van der Waals surface area contributed by atoms with Gasteiger partial charge in [-0.2, -0.15) is 4.98 Å². The maximum Gasteiger partial charge on any atom is 0.227 e. The zero-order chi connectivity index (χ0) is 19.0. The minimum Gasteiger partial charge on any atom is -0.355 e. The van der Waals surface area contributed by atoms with E-state index in [1.165, 1.54) is 6.07 Å². The van der Waals surface area contributed by atoms with Gasteiger partial charge in [0.25, 0.3) is 0 Å². The third kappa shape index (κ3) is 3.72. The quantitative estimate of drug-likeness (QED) is 0.649. The number of nitrogens with one attached hydrogen (secondary N) is 1. The van der Waals surface area contributed by atoms with Crippen LogP contribution < -0.4 is 10.2 Å². The number of benzene rings is 1. The van der Waals surface area contributed by atoms with Crippen LogP contribution in [0, 0.1) is 17.6 Å². The summed E-state index contributed by atoms with van der Waals surface area (Å²) in [4.78, 5) is 23.1. The average molecular weight is 409 g/mol. The van der Waals surface area contributed by atoms with Crippen molar-refractivity contribution in [2.75, 3.05) is 23.3 Å². The number of rotatable bonds is 3. The normalized spacial score (nSPS) is 15.3. The number of hydrogen-bond acceptors (Lipinski definition) is 5. The first kappa shape index (κ1) is 18.1. The second kappa shape index (κ2) is 7.36. The Morgan fingerprint density at radius 2 is 2.00 bits per heavy atom. The van der Waals surface area contributed by atoms with E-state index < -0.39 is 11.6 Å². The number of piperidine rings is 1. The minimum atomic E-state index is -0.781. The number of fused-ring (bicyclic) bond motifs is 1. The molecule has 3 aromatic rings. The van der Waals surface area contributed by atoms with E-state index in [1.54, 1.807) is 11.3 Å². The van der Waals surface area contributed by atoms with Gasteiger partial charge in [0.15, 0.2) is 5.82 Å². The van der Waals surface area contributed by atoms with E-state index in [0.29, 0.717) is 25.9 Å². The van der Waals surface area contributed by atoms with Crippen LogP contribution in [0.5, 0.6) is 0 Å². The van der Waals surface area contributed by atoms with Crippen LogP contribution in [0.1, 0.15) is 12.8 Å². The topological polar surface area (TPSA) is 58.1 Å². The molecule has 0 saturated carbocycles. The van der Waals surface area contributed by atoms with E-state index in [2.05, 4.69) is 20.2 Å². The lowest BCUT2D eigenvalue weighted by Gasteiger charge is -2.32. The first-order valence-electron chi connectivity index (χ1n) is 8.43. The molecule has 140 valence electrons. The smallest absolute Gasteiger partial charge is 0.227 e. The van der Waals surface area contributed by atoms with Crippen molar-refractivity contribution in [3.8, 4) is 0 Å². The van der Waals surface area contributed by atoms with E-state index in [1.807, 2.05) is 11.4 Å². The van der Waals surface area contributed by atoms with E-state index in [0.717, 1.165) is 28.2 Å². The second-order valence-corrected chi connectivity index (χ2v) is 7.58. The molecule has 5 nitrogen and oxygen atoms in total. The highest BCUT2D eigenvalue weighted by molar-refractivity contribution is 7.17. The number of thiophene rings is 1. The van der Waals surface area contributed by atoms with Gasteiger partial charge in [0.05, 0.1) is 15.9 Å². The molecule has 1 aliphatic rings. The van der Waals surface area contributed by atoms with Gasteiger partial charge in [0.2, 0.25) is 11.2 Å². The van der Waals surface area contributed by atoms with E-state index in [4.69, 9.17) is 11.6 Å². The first-order chi connectivity index (χ1) is 13.0. The molecule has 0 unspecified atom stereocenters. The molecule has 2 aromatic heterocycles. The van der Waals surface area contributed by atoms with Crippen LogP contribution in [0.3, 0.4) is 0 Å². The molecule has 9 heteroatoms. The Morgan fingerprint density at radius 1 is 1.22 bits per heavy atom. The molecule has 27 heavy (non-hydrogen) atoms. The Morgan fingerprint density at radius 3 is 2.74 bits per heavy atom. The molecular formula is C18H15ClF2N4OS. The Bertz CT molecular complexity index is 1000. The number of amides is 1. The average Bonchev–Trinajstić information content (AvgIpc) is 3.11. The van der Waals surface area contributed by atoms with E-state index in [9.17, 15) is 13.6 Å². The van der Waals surface area contributed by atoms with Crippen molar-refractivity contribution in [2.24, 2.45) is 5.92 Å². The summed E-state index contributed by atoms with van der Waals surface area (Å²) in [5.41, 5.74) is 0.799. The van der Waals surface area contributed by atoms with Gasteiger partial charge in [-0.3, -0.25) is 4.79 Å². The monoisotopic (exact) mass is 408 g/mol. The van der Waals surface area contributed by atoms with Gasteiger partial charge in [0.1, 0.15) is 11.6 Å². The van der Waals surface area contributed by atoms with Gasteiger partial charge in [-0.05, 0) is 48.0 Å². The SMILES string of the molecule is O=C(Nc1ccc(F)cc1F)C1CCN(c2nc(Cl)nc3ccsc23)CC1. The summed E-state index contributed by atoms with van der Waals surface area (Å²) < 4.78 is 27.7. The number of nitrogens with zero attached hydrogens (tertiary/aromatic N) is 3. The zero-order valence-corrected chi connectivity index (χ0v) is 15.7. The van der Waals surface area contributed by atoms with Crippen LogP contribution >= 0.6 is 22.9 Å². The molecule has 1 fully saturated rings. The molecule has 1 N–H and O–H groups in total. The van der Waals surface area contributed by atoms with Crippen LogP contribution in [-0.2, 0) is 4.79 Å². The summed E-state index contributed by atoms with van der Waals surface area (Å²) in [6, 6.07) is 5.00. The van der Waals surface area contributed by atoms with E-state index >= 15 is 0 Å². The fraction of sp³-hybridized carbons (Fsp3) is 0.278. The number of hydrogen-bond donors (Lipinski definition) is 1. The number of aromatic nitrogens is 2. The van der Waals surface area contributed by atoms with Gasteiger partial charge < -0.3 is 10.2 Å². The summed E-state index contributed by atoms with van der Waals surface area (Å²) in [5.74, 6) is -1.19. The van der Waals surface area contributed by atoms with Crippen LogP contribution in [-0.4, -0.2) is 29.0 Å². The third-order valence-electron chi connectivity index (χ3n) is 4.61. The lowest BCUT2D eigenvalue weighted by atomic mass is 9.95. The molecule has 0 radical (unpaired) electrons. The third-order valence-corrected chi connectivity index (χ3v) is 5.68. The molecule has 0 aliphatic carbocycles. The number of carbonyl (C=O) groups excluding carboxylic acids is 1. The van der Waals surface area contributed by atoms with Crippen molar-refractivity contribution < 1.29 is 13.6 Å². The second-order valence-electron chi connectivity index (χ2n) is 6.33. The first-order valence-corrected chi connectivity index (χ1v) is 9.68. The summed E-state index contributed by atoms with van der Waals surface area (Å²) >= 11 is 7.58. The summed E-state index contributed by atoms with van der Waals surface area (Å²) in [6.07, 6.45) is 1.20. The molecule has 1 aromatic carbocycles. The molecule has 3 heterocycles. The highest BCUT2D eigenvalue weighted by Crippen LogP contribution is 2.32. The fourth-order valence-corrected chi connectivity index (χ4v) is 4.23. The Hall–Kier alpha value is -2.32. The predicted molar refractivity (Wildman–Crippen MR) is 102 cm³/mol. The van der Waals surface area contributed by atoms with Crippen molar-refractivity contribution in [1.82, 2.24) is 9.97 Å². The molecule has 4 rings (SSSR count). The number of halogens is 3.